The molecule has 6 nitrogen and oxygen atoms in total. The van der Waals surface area contributed by atoms with Crippen molar-refractivity contribution in [3.63, 3.8) is 0 Å². The number of anilines is 1. The van der Waals surface area contributed by atoms with Gasteiger partial charge in [-0.05, 0) is 25.0 Å². The quantitative estimate of drug-likeness (QED) is 0.893. The maximum atomic E-state index is 13.9. The minimum atomic E-state index is -0.949. The Morgan fingerprint density at radius 2 is 1.68 bits per heavy atom. The number of carboxylic acids is 1. The standard InChI is InChI=1S/C18H21FN2O4/c19-11-3-1-2-4-12(11)20-7-9-21(10-8-20)17(22)15-13-5-6-14(25-13)16(15)18(23)24/h1-4,13-16H,5-10H2,(H,23,24)/t13-,14+,15-,16+/m1/s1. The van der Waals surface area contributed by atoms with Crippen molar-refractivity contribution in [1.82, 2.24) is 4.90 Å². The zero-order valence-corrected chi connectivity index (χ0v) is 13.8. The van der Waals surface area contributed by atoms with Crippen LogP contribution in [0.3, 0.4) is 0 Å². The van der Waals surface area contributed by atoms with Crippen LogP contribution in [0, 0.1) is 17.7 Å². The van der Waals surface area contributed by atoms with Crippen LogP contribution in [0.5, 0.6) is 0 Å². The fourth-order valence-corrected chi connectivity index (χ4v) is 4.39. The number of aliphatic carboxylic acids is 1. The molecule has 25 heavy (non-hydrogen) atoms. The van der Waals surface area contributed by atoms with E-state index in [0.29, 0.717) is 38.3 Å². The van der Waals surface area contributed by atoms with Gasteiger partial charge in [-0.25, -0.2) is 4.39 Å². The van der Waals surface area contributed by atoms with E-state index in [9.17, 15) is 19.1 Å². The summed E-state index contributed by atoms with van der Waals surface area (Å²) in [6.07, 6.45) is 0.853. The van der Waals surface area contributed by atoms with Gasteiger partial charge in [0.25, 0.3) is 0 Å². The molecule has 4 atom stereocenters. The first-order valence-corrected chi connectivity index (χ1v) is 8.73. The molecular weight excluding hydrogens is 327 g/mol. The number of para-hydroxylation sites is 1. The Balaban J connectivity index is 1.43. The van der Waals surface area contributed by atoms with E-state index < -0.39 is 17.8 Å². The molecule has 3 fully saturated rings. The summed E-state index contributed by atoms with van der Waals surface area (Å²) in [6.45, 7) is 2.00. The van der Waals surface area contributed by atoms with Gasteiger partial charge in [-0.15, -0.1) is 0 Å². The first-order valence-electron chi connectivity index (χ1n) is 8.73. The Hall–Kier alpha value is -2.15. The van der Waals surface area contributed by atoms with Gasteiger partial charge in [0.1, 0.15) is 5.82 Å². The van der Waals surface area contributed by atoms with Crippen LogP contribution in [-0.4, -0.2) is 60.3 Å². The van der Waals surface area contributed by atoms with Gasteiger partial charge in [-0.2, -0.15) is 0 Å². The zero-order valence-electron chi connectivity index (χ0n) is 13.8. The van der Waals surface area contributed by atoms with Crippen LogP contribution < -0.4 is 4.90 Å². The number of amides is 1. The summed E-state index contributed by atoms with van der Waals surface area (Å²) in [5.74, 6) is -2.68. The van der Waals surface area contributed by atoms with E-state index in [0.717, 1.165) is 6.42 Å². The van der Waals surface area contributed by atoms with Gasteiger partial charge >= 0.3 is 5.97 Å². The van der Waals surface area contributed by atoms with Crippen molar-refractivity contribution >= 4 is 17.6 Å². The van der Waals surface area contributed by atoms with E-state index >= 15 is 0 Å². The molecule has 0 spiro atoms. The first kappa shape index (κ1) is 16.3. The number of carboxylic acid groups (broad SMARTS) is 1. The number of hydrogen-bond acceptors (Lipinski definition) is 4. The van der Waals surface area contributed by atoms with Crippen LogP contribution in [0.25, 0.3) is 0 Å². The lowest BCUT2D eigenvalue weighted by Crippen LogP contribution is -2.53. The fraction of sp³-hybridized carbons (Fsp3) is 0.556. The van der Waals surface area contributed by atoms with Gasteiger partial charge in [0.05, 0.1) is 29.7 Å². The molecule has 4 rings (SSSR count). The molecule has 3 heterocycles. The Kier molecular flexibility index (Phi) is 4.11. The van der Waals surface area contributed by atoms with Gasteiger partial charge in [0.15, 0.2) is 0 Å². The van der Waals surface area contributed by atoms with Crippen LogP contribution in [0.4, 0.5) is 10.1 Å². The molecule has 3 aliphatic heterocycles. The number of carbonyl (C=O) groups is 2. The molecule has 7 heteroatoms. The number of piperazine rings is 1. The maximum absolute atomic E-state index is 13.9. The molecule has 3 saturated heterocycles. The van der Waals surface area contributed by atoms with Gasteiger partial charge in [-0.1, -0.05) is 12.1 Å². The molecule has 1 aromatic carbocycles. The van der Waals surface area contributed by atoms with Crippen molar-refractivity contribution in [2.24, 2.45) is 11.8 Å². The van der Waals surface area contributed by atoms with Crippen molar-refractivity contribution in [2.75, 3.05) is 31.1 Å². The average molecular weight is 348 g/mol. The number of rotatable bonds is 3. The molecule has 0 saturated carbocycles. The van der Waals surface area contributed by atoms with Crippen LogP contribution >= 0.6 is 0 Å². The van der Waals surface area contributed by atoms with Crippen molar-refractivity contribution < 1.29 is 23.8 Å². The number of benzene rings is 1. The predicted molar refractivity (Wildman–Crippen MR) is 87.7 cm³/mol. The molecule has 1 aromatic rings. The predicted octanol–water partition coefficient (Wildman–Crippen LogP) is 1.35. The van der Waals surface area contributed by atoms with Crippen molar-refractivity contribution in [3.8, 4) is 0 Å². The number of carbonyl (C=O) groups excluding carboxylic acids is 1. The molecule has 1 amide bonds. The molecule has 1 N–H and O–H groups in total. The monoisotopic (exact) mass is 348 g/mol. The van der Waals surface area contributed by atoms with Crippen LogP contribution in [-0.2, 0) is 14.3 Å². The van der Waals surface area contributed by atoms with E-state index in [1.807, 2.05) is 4.90 Å². The third-order valence-electron chi connectivity index (χ3n) is 5.63. The van der Waals surface area contributed by atoms with Gasteiger partial charge in [0, 0.05) is 26.2 Å². The Morgan fingerprint density at radius 1 is 1.04 bits per heavy atom. The van der Waals surface area contributed by atoms with Gasteiger partial charge in [-0.3, -0.25) is 9.59 Å². The summed E-state index contributed by atoms with van der Waals surface area (Å²) in [5.41, 5.74) is 0.543. The summed E-state index contributed by atoms with van der Waals surface area (Å²) in [4.78, 5) is 28.1. The summed E-state index contributed by atoms with van der Waals surface area (Å²) in [5, 5.41) is 9.47. The lowest BCUT2D eigenvalue weighted by molar-refractivity contribution is -0.151. The summed E-state index contributed by atoms with van der Waals surface area (Å²) >= 11 is 0. The third-order valence-corrected chi connectivity index (χ3v) is 5.63. The summed E-state index contributed by atoms with van der Waals surface area (Å²) in [7, 11) is 0. The molecule has 3 aliphatic rings. The maximum Gasteiger partial charge on any atom is 0.310 e. The van der Waals surface area contributed by atoms with Crippen LogP contribution in [0.15, 0.2) is 24.3 Å². The Labute approximate surface area is 145 Å². The van der Waals surface area contributed by atoms with E-state index in [1.54, 1.807) is 23.1 Å². The second-order valence-corrected chi connectivity index (χ2v) is 6.94. The first-order chi connectivity index (χ1) is 12.1. The topological polar surface area (TPSA) is 70.1 Å². The number of halogens is 1. The normalized spacial score (nSPS) is 31.4. The van der Waals surface area contributed by atoms with E-state index in [2.05, 4.69) is 0 Å². The third kappa shape index (κ3) is 2.76. The van der Waals surface area contributed by atoms with E-state index in [4.69, 9.17) is 4.74 Å². The minimum Gasteiger partial charge on any atom is -0.481 e. The van der Waals surface area contributed by atoms with E-state index in [1.165, 1.54) is 6.07 Å². The highest BCUT2D eigenvalue weighted by molar-refractivity contribution is 5.86. The highest BCUT2D eigenvalue weighted by atomic mass is 19.1. The lowest BCUT2D eigenvalue weighted by Gasteiger charge is -2.38. The van der Waals surface area contributed by atoms with Crippen molar-refractivity contribution in [3.05, 3.63) is 30.1 Å². The Morgan fingerprint density at radius 3 is 2.32 bits per heavy atom. The number of nitrogens with zero attached hydrogens (tertiary/aromatic N) is 2. The number of fused-ring (bicyclic) bond motifs is 2. The largest absolute Gasteiger partial charge is 0.481 e. The highest BCUT2D eigenvalue weighted by Crippen LogP contribution is 2.44. The van der Waals surface area contributed by atoms with Crippen LogP contribution in [0.1, 0.15) is 12.8 Å². The molecule has 0 aliphatic carbocycles. The molecular formula is C18H21FN2O4. The van der Waals surface area contributed by atoms with Gasteiger partial charge < -0.3 is 19.6 Å². The van der Waals surface area contributed by atoms with Crippen molar-refractivity contribution in [1.29, 1.82) is 0 Å². The Bertz CT molecular complexity index is 689. The molecule has 134 valence electrons. The second kappa shape index (κ2) is 6.29. The second-order valence-electron chi connectivity index (χ2n) is 6.94. The molecule has 2 bridgehead atoms. The molecule has 0 aromatic heterocycles. The SMILES string of the molecule is O=C(O)[C@@H]1[C@H](C(=O)N2CCN(c3ccccc3F)CC2)[C@H]2CC[C@@H]1O2. The fourth-order valence-electron chi connectivity index (χ4n) is 4.39. The number of ether oxygens (including phenoxy) is 1. The lowest BCUT2D eigenvalue weighted by atomic mass is 9.78. The molecule has 0 unspecified atom stereocenters. The van der Waals surface area contributed by atoms with E-state index in [-0.39, 0.29) is 23.9 Å². The molecule has 0 radical (unpaired) electrons. The summed E-state index contributed by atoms with van der Waals surface area (Å²) < 4.78 is 19.6. The number of hydrogen-bond donors (Lipinski definition) is 1. The van der Waals surface area contributed by atoms with Crippen LogP contribution in [0.2, 0.25) is 0 Å². The van der Waals surface area contributed by atoms with Crippen molar-refractivity contribution in [2.45, 2.75) is 25.0 Å². The van der Waals surface area contributed by atoms with Gasteiger partial charge in [0.2, 0.25) is 5.91 Å². The zero-order chi connectivity index (χ0) is 17.6. The minimum absolute atomic E-state index is 0.132. The smallest absolute Gasteiger partial charge is 0.310 e. The highest BCUT2D eigenvalue weighted by Gasteiger charge is 2.56. The summed E-state index contributed by atoms with van der Waals surface area (Å²) in [6, 6.07) is 6.60. The average Bonchev–Trinajstić information content (AvgIpc) is 3.23.